The number of anilines is 1. The lowest BCUT2D eigenvalue weighted by Crippen LogP contribution is -2.49. The molecule has 1 saturated carbocycles. The molecule has 7 atom stereocenters. The number of amides is 1. The zero-order chi connectivity index (χ0) is 28.2. The summed E-state index contributed by atoms with van der Waals surface area (Å²) in [6, 6.07) is 11.7. The number of nitrogens with zero attached hydrogens (tertiary/aromatic N) is 1. The molecule has 0 saturated heterocycles. The van der Waals surface area contributed by atoms with Crippen LogP contribution in [0.15, 0.2) is 48.6 Å². The first-order valence-electron chi connectivity index (χ1n) is 14.4. The molecule has 8 heteroatoms. The van der Waals surface area contributed by atoms with E-state index in [1.165, 1.54) is 11.1 Å². The van der Waals surface area contributed by atoms with Gasteiger partial charge in [-0.1, -0.05) is 36.7 Å². The Morgan fingerprint density at radius 2 is 2.00 bits per heavy atom. The number of fused-ring (bicyclic) bond motifs is 4. The topological polar surface area (TPSA) is 78.9 Å². The van der Waals surface area contributed by atoms with Gasteiger partial charge in [0.15, 0.2) is 0 Å². The average molecular weight is 583 g/mol. The van der Waals surface area contributed by atoms with Gasteiger partial charge >= 0.3 is 0 Å². The lowest BCUT2D eigenvalue weighted by Gasteiger charge is -2.45. The van der Waals surface area contributed by atoms with Crippen LogP contribution < -0.4 is 14.4 Å². The van der Waals surface area contributed by atoms with Crippen LogP contribution in [0.25, 0.3) is 0 Å². The second kappa shape index (κ2) is 10.4. The lowest BCUT2D eigenvalue weighted by molar-refractivity contribution is 0.0454. The molecule has 2 N–H and O–H groups in total. The summed E-state index contributed by atoms with van der Waals surface area (Å²) >= 11 is 6.39. The molecule has 1 unspecified atom stereocenters. The molecule has 40 heavy (non-hydrogen) atoms. The summed E-state index contributed by atoms with van der Waals surface area (Å²) in [6.45, 7) is 5.84. The van der Waals surface area contributed by atoms with Crippen molar-refractivity contribution in [3.05, 3.63) is 70.3 Å². The van der Waals surface area contributed by atoms with Crippen molar-refractivity contribution in [3.63, 3.8) is 0 Å². The highest BCUT2D eigenvalue weighted by molar-refractivity contribution is 7.99. The number of ether oxygens (including phenoxy) is 1. The number of aliphatic hydroxyl groups excluding tert-OH is 1. The second-order valence-electron chi connectivity index (χ2n) is 12.4. The van der Waals surface area contributed by atoms with Crippen LogP contribution in [-0.2, 0) is 21.5 Å². The number of hydrogen-bond donors (Lipinski definition) is 2. The van der Waals surface area contributed by atoms with E-state index in [1.807, 2.05) is 44.2 Å². The molecule has 214 valence electrons. The summed E-state index contributed by atoms with van der Waals surface area (Å²) < 4.78 is 22.8. The molecular formula is C32H39ClN2O4S. The molecule has 6 rings (SSSR count). The Labute approximate surface area is 242 Å². The lowest BCUT2D eigenvalue weighted by atomic mass is 9.68. The molecule has 1 fully saturated rings. The number of benzene rings is 2. The molecule has 2 aromatic rings. The summed E-state index contributed by atoms with van der Waals surface area (Å²) in [5.74, 6) is 4.58. The quantitative estimate of drug-likeness (QED) is 0.332. The summed E-state index contributed by atoms with van der Waals surface area (Å²) in [5.41, 5.74) is 3.66. The van der Waals surface area contributed by atoms with E-state index in [0.717, 1.165) is 61.7 Å². The zero-order valence-electron chi connectivity index (χ0n) is 23.3. The fourth-order valence-electron chi connectivity index (χ4n) is 7.05. The number of hydrogen-bond acceptors (Lipinski definition) is 5. The number of nitrogens with one attached hydrogen (secondary N) is 1. The van der Waals surface area contributed by atoms with Crippen LogP contribution in [0.3, 0.4) is 0 Å². The summed E-state index contributed by atoms with van der Waals surface area (Å²) in [7, 11) is -2.95. The molecule has 1 amide bonds. The third kappa shape index (κ3) is 4.94. The van der Waals surface area contributed by atoms with Gasteiger partial charge in [0.05, 0.1) is 28.1 Å². The molecule has 2 bridgehead atoms. The van der Waals surface area contributed by atoms with Gasteiger partial charge in [-0.3, -0.25) is 9.52 Å². The van der Waals surface area contributed by atoms with Gasteiger partial charge in [0.25, 0.3) is 5.91 Å². The SMILES string of the molecule is C=S1(=O)NC(=O)c2ccc3c(c2)N(C[C@@H]2CC[C@H]2[C@@H](O)/C=C/[C@H](C)[C@H]1C)C[C@@]1(CCCc2cc(Cl)ccc21)CO3. The predicted molar refractivity (Wildman–Crippen MR) is 163 cm³/mol. The van der Waals surface area contributed by atoms with Gasteiger partial charge < -0.3 is 14.7 Å². The Morgan fingerprint density at radius 3 is 2.77 bits per heavy atom. The molecule has 2 aromatic carbocycles. The molecule has 2 aliphatic heterocycles. The van der Waals surface area contributed by atoms with E-state index >= 15 is 0 Å². The number of carbonyl (C=O) groups excluding carboxylic acids is 1. The number of rotatable bonds is 0. The van der Waals surface area contributed by atoms with Gasteiger partial charge in [-0.05, 0) is 104 Å². The van der Waals surface area contributed by atoms with E-state index in [9.17, 15) is 14.1 Å². The second-order valence-corrected chi connectivity index (χ2v) is 15.2. The van der Waals surface area contributed by atoms with Crippen molar-refractivity contribution in [2.75, 3.05) is 24.6 Å². The van der Waals surface area contributed by atoms with E-state index in [4.69, 9.17) is 16.3 Å². The smallest absolute Gasteiger partial charge is 0.262 e. The van der Waals surface area contributed by atoms with E-state index < -0.39 is 27.0 Å². The fourth-order valence-corrected chi connectivity index (χ4v) is 8.65. The monoisotopic (exact) mass is 582 g/mol. The Kier molecular flexibility index (Phi) is 7.21. The van der Waals surface area contributed by atoms with Gasteiger partial charge in [0.1, 0.15) is 5.75 Å². The highest BCUT2D eigenvalue weighted by atomic mass is 35.5. The van der Waals surface area contributed by atoms with E-state index in [0.29, 0.717) is 18.1 Å². The first-order valence-corrected chi connectivity index (χ1v) is 16.6. The normalized spacial score (nSPS) is 36.5. The van der Waals surface area contributed by atoms with Gasteiger partial charge in [-0.25, -0.2) is 4.21 Å². The Morgan fingerprint density at radius 1 is 1.18 bits per heavy atom. The predicted octanol–water partition coefficient (Wildman–Crippen LogP) is 5.16. The first kappa shape index (κ1) is 27.7. The third-order valence-corrected chi connectivity index (χ3v) is 12.3. The standard InChI is InChI=1S/C32H39ClN2O4S/c1-20-6-12-29(36)26-10-7-24(26)17-35-18-32(14-4-5-22-15-25(33)9-11-27(22)32)19-39-30-13-8-23(16-28(30)35)31(37)34-40(3,38)21(20)2/h6,8-9,11-13,15-16,20-21,24,26,29,36H,3-5,7,10,14,17-19H2,1-2H3,(H,34,37,38)/b12-6+/t20-,21+,24-,26+,29-,32-,40?/m0/s1. The van der Waals surface area contributed by atoms with Crippen LogP contribution in [0.5, 0.6) is 5.75 Å². The minimum atomic E-state index is -2.95. The van der Waals surface area contributed by atoms with Crippen LogP contribution in [0.4, 0.5) is 5.69 Å². The van der Waals surface area contributed by atoms with Crippen LogP contribution in [0.2, 0.25) is 5.02 Å². The van der Waals surface area contributed by atoms with Crippen molar-refractivity contribution >= 4 is 38.8 Å². The number of aliphatic hydroxyl groups is 1. The Balaban J connectivity index is 1.44. The minimum Gasteiger partial charge on any atom is -0.490 e. The molecule has 6 nitrogen and oxygen atoms in total. The maximum Gasteiger partial charge on any atom is 0.262 e. The van der Waals surface area contributed by atoms with Crippen molar-refractivity contribution in [2.45, 2.75) is 62.7 Å². The summed E-state index contributed by atoms with van der Waals surface area (Å²) in [6.07, 6.45) is 8.27. The van der Waals surface area contributed by atoms with E-state index in [1.54, 1.807) is 6.07 Å². The zero-order valence-corrected chi connectivity index (χ0v) is 24.8. The van der Waals surface area contributed by atoms with Crippen molar-refractivity contribution in [1.29, 1.82) is 0 Å². The Hall–Kier alpha value is -2.48. The van der Waals surface area contributed by atoms with Crippen molar-refractivity contribution in [3.8, 4) is 5.75 Å². The number of halogens is 1. The van der Waals surface area contributed by atoms with Crippen molar-refractivity contribution < 1.29 is 18.8 Å². The first-order chi connectivity index (χ1) is 19.1. The van der Waals surface area contributed by atoms with Crippen LogP contribution in [-0.4, -0.2) is 52.1 Å². The molecule has 2 heterocycles. The summed E-state index contributed by atoms with van der Waals surface area (Å²) in [5, 5.41) is 11.5. The maximum atomic E-state index is 13.5. The average Bonchev–Trinajstić information content (AvgIpc) is 3.05. The third-order valence-electron chi connectivity index (χ3n) is 9.89. The number of allylic oxidation sites excluding steroid dienone is 1. The van der Waals surface area contributed by atoms with E-state index in [2.05, 4.69) is 27.6 Å². The van der Waals surface area contributed by atoms with Crippen LogP contribution >= 0.6 is 11.6 Å². The number of aryl methyl sites for hydroxylation is 1. The number of carbonyl (C=O) groups is 1. The molecule has 1 spiro atoms. The molecule has 0 aromatic heterocycles. The van der Waals surface area contributed by atoms with Crippen molar-refractivity contribution in [2.24, 2.45) is 17.8 Å². The van der Waals surface area contributed by atoms with Crippen LogP contribution in [0, 0.1) is 17.8 Å². The maximum absolute atomic E-state index is 13.5. The van der Waals surface area contributed by atoms with E-state index in [-0.39, 0.29) is 17.3 Å². The fraction of sp³-hybridized carbons (Fsp3) is 0.500. The van der Waals surface area contributed by atoms with Gasteiger partial charge in [0, 0.05) is 34.3 Å². The molecule has 4 aliphatic rings. The molecule has 0 radical (unpaired) electrons. The Bertz CT molecular complexity index is 1460. The highest BCUT2D eigenvalue weighted by Gasteiger charge is 2.44. The molecule has 2 aliphatic carbocycles. The van der Waals surface area contributed by atoms with Gasteiger partial charge in [-0.15, -0.1) is 0 Å². The van der Waals surface area contributed by atoms with Crippen molar-refractivity contribution in [1.82, 2.24) is 4.72 Å². The van der Waals surface area contributed by atoms with Gasteiger partial charge in [-0.2, -0.15) is 0 Å². The highest BCUT2D eigenvalue weighted by Crippen LogP contribution is 2.46. The molecular weight excluding hydrogens is 544 g/mol. The minimum absolute atomic E-state index is 0.128. The van der Waals surface area contributed by atoms with Crippen LogP contribution in [0.1, 0.15) is 61.0 Å². The van der Waals surface area contributed by atoms with Gasteiger partial charge in [0.2, 0.25) is 0 Å². The largest absolute Gasteiger partial charge is 0.490 e. The summed E-state index contributed by atoms with van der Waals surface area (Å²) in [4.78, 5) is 15.8.